The van der Waals surface area contributed by atoms with E-state index in [9.17, 15) is 0 Å². The quantitative estimate of drug-likeness (QED) is 0.500. The van der Waals surface area contributed by atoms with Crippen LogP contribution in [0, 0.1) is 12.3 Å². The van der Waals surface area contributed by atoms with Crippen LogP contribution in [0.25, 0.3) is 0 Å². The van der Waals surface area contributed by atoms with Crippen LogP contribution in [0.1, 0.15) is 18.4 Å². The van der Waals surface area contributed by atoms with E-state index >= 15 is 0 Å². The largest absolute Gasteiger partial charge is 0.381 e. The van der Waals surface area contributed by atoms with Crippen molar-refractivity contribution in [1.29, 1.82) is 0 Å². The van der Waals surface area contributed by atoms with Gasteiger partial charge in [-0.2, -0.15) is 11.3 Å². The molecule has 0 aliphatic heterocycles. The molecule has 1 rings (SSSR count). The minimum absolute atomic E-state index is 0.786. The normalized spacial score (nSPS) is 9.77. The summed E-state index contributed by atoms with van der Waals surface area (Å²) < 4.78 is 5.42. The average Bonchev–Trinajstić information content (AvgIpc) is 2.63. The Balaban J connectivity index is 1.94. The van der Waals surface area contributed by atoms with Crippen molar-refractivity contribution in [2.75, 3.05) is 13.2 Å². The molecule has 0 saturated carbocycles. The first-order chi connectivity index (χ1) is 6.43. The number of terminal acetylenes is 1. The minimum atomic E-state index is 0.786. The Morgan fingerprint density at radius 3 is 3.08 bits per heavy atom. The Hall–Kier alpha value is -0.780. The monoisotopic (exact) mass is 194 g/mol. The van der Waals surface area contributed by atoms with Crippen molar-refractivity contribution in [2.24, 2.45) is 0 Å². The van der Waals surface area contributed by atoms with Gasteiger partial charge in [0, 0.05) is 13.0 Å². The van der Waals surface area contributed by atoms with Gasteiger partial charge >= 0.3 is 0 Å². The third kappa shape index (κ3) is 4.72. The van der Waals surface area contributed by atoms with Gasteiger partial charge in [-0.05, 0) is 35.2 Å². The molecule has 70 valence electrons. The smallest absolute Gasteiger partial charge is 0.0506 e. The Morgan fingerprint density at radius 1 is 1.46 bits per heavy atom. The molecule has 1 aromatic rings. The summed E-state index contributed by atoms with van der Waals surface area (Å²) in [6.45, 7) is 1.59. The van der Waals surface area contributed by atoms with Crippen molar-refractivity contribution < 1.29 is 4.74 Å². The third-order valence-electron chi connectivity index (χ3n) is 1.72. The first-order valence-electron chi connectivity index (χ1n) is 4.46. The predicted molar refractivity (Wildman–Crippen MR) is 56.9 cm³/mol. The molecular formula is C11H14OS. The maximum atomic E-state index is 5.42. The molecule has 0 fully saturated rings. The second kappa shape index (κ2) is 6.71. The van der Waals surface area contributed by atoms with E-state index in [-0.39, 0.29) is 0 Å². The molecule has 1 heterocycles. The van der Waals surface area contributed by atoms with Gasteiger partial charge in [0.05, 0.1) is 6.61 Å². The standard InChI is InChI=1S/C11H14OS/c1-2-3-4-7-12-8-5-11-6-9-13-10-11/h1,6,9-10H,3-5,7-8H2. The fraction of sp³-hybridized carbons (Fsp3) is 0.455. The van der Waals surface area contributed by atoms with Crippen LogP contribution in [0.2, 0.25) is 0 Å². The lowest BCUT2D eigenvalue weighted by atomic mass is 10.2. The van der Waals surface area contributed by atoms with Crippen LogP contribution in [-0.4, -0.2) is 13.2 Å². The topological polar surface area (TPSA) is 9.23 Å². The number of unbranched alkanes of at least 4 members (excludes halogenated alkanes) is 1. The zero-order valence-electron chi connectivity index (χ0n) is 7.66. The summed E-state index contributed by atoms with van der Waals surface area (Å²) in [6.07, 6.45) is 7.92. The zero-order valence-corrected chi connectivity index (χ0v) is 8.48. The molecule has 1 aromatic heterocycles. The second-order valence-corrected chi connectivity index (χ2v) is 3.58. The highest BCUT2D eigenvalue weighted by molar-refractivity contribution is 7.07. The molecule has 2 heteroatoms. The molecule has 0 aliphatic carbocycles. The van der Waals surface area contributed by atoms with Crippen molar-refractivity contribution in [3.63, 3.8) is 0 Å². The Kier molecular flexibility index (Phi) is 5.31. The van der Waals surface area contributed by atoms with E-state index in [1.165, 1.54) is 5.56 Å². The van der Waals surface area contributed by atoms with Gasteiger partial charge < -0.3 is 4.74 Å². The maximum Gasteiger partial charge on any atom is 0.0506 e. The van der Waals surface area contributed by atoms with E-state index in [1.54, 1.807) is 11.3 Å². The van der Waals surface area contributed by atoms with E-state index in [2.05, 4.69) is 22.7 Å². The number of hydrogen-bond donors (Lipinski definition) is 0. The van der Waals surface area contributed by atoms with Crippen LogP contribution in [-0.2, 0) is 11.2 Å². The van der Waals surface area contributed by atoms with Crippen molar-refractivity contribution >= 4 is 11.3 Å². The lowest BCUT2D eigenvalue weighted by Crippen LogP contribution is -1.99. The van der Waals surface area contributed by atoms with Crippen molar-refractivity contribution in [3.05, 3.63) is 22.4 Å². The summed E-state index contributed by atoms with van der Waals surface area (Å²) in [6, 6.07) is 2.13. The van der Waals surface area contributed by atoms with Gasteiger partial charge in [-0.1, -0.05) is 0 Å². The van der Waals surface area contributed by atoms with Crippen molar-refractivity contribution in [1.82, 2.24) is 0 Å². The summed E-state index contributed by atoms with van der Waals surface area (Å²) in [5, 5.41) is 4.25. The van der Waals surface area contributed by atoms with Gasteiger partial charge in [-0.3, -0.25) is 0 Å². The van der Waals surface area contributed by atoms with Crippen LogP contribution in [0.4, 0.5) is 0 Å². The molecule has 0 spiro atoms. The van der Waals surface area contributed by atoms with E-state index in [0.29, 0.717) is 0 Å². The number of rotatable bonds is 6. The maximum absolute atomic E-state index is 5.42. The Bertz CT molecular complexity index is 246. The van der Waals surface area contributed by atoms with Gasteiger partial charge in [0.25, 0.3) is 0 Å². The molecule has 0 unspecified atom stereocenters. The molecule has 0 saturated heterocycles. The first kappa shape index (κ1) is 10.3. The average molecular weight is 194 g/mol. The van der Waals surface area contributed by atoms with E-state index in [4.69, 9.17) is 11.2 Å². The lowest BCUT2D eigenvalue weighted by molar-refractivity contribution is 0.136. The SMILES string of the molecule is C#CCCCOCCc1ccsc1. The van der Waals surface area contributed by atoms with Crippen LogP contribution in [0.3, 0.4) is 0 Å². The zero-order chi connectivity index (χ0) is 9.36. The van der Waals surface area contributed by atoms with E-state index in [0.717, 1.165) is 32.5 Å². The highest BCUT2D eigenvalue weighted by Gasteiger charge is 1.92. The molecule has 0 amide bonds. The molecule has 13 heavy (non-hydrogen) atoms. The molecule has 0 aliphatic rings. The van der Waals surface area contributed by atoms with Gasteiger partial charge in [0.1, 0.15) is 0 Å². The van der Waals surface area contributed by atoms with E-state index < -0.39 is 0 Å². The third-order valence-corrected chi connectivity index (χ3v) is 2.46. The summed E-state index contributed by atoms with van der Waals surface area (Å²) in [4.78, 5) is 0. The summed E-state index contributed by atoms with van der Waals surface area (Å²) >= 11 is 1.73. The predicted octanol–water partition coefficient (Wildman–Crippen LogP) is 2.72. The fourth-order valence-corrected chi connectivity index (χ4v) is 1.71. The highest BCUT2D eigenvalue weighted by Crippen LogP contribution is 2.06. The summed E-state index contributed by atoms with van der Waals surface area (Å²) in [7, 11) is 0. The molecule has 0 atom stereocenters. The Morgan fingerprint density at radius 2 is 2.38 bits per heavy atom. The van der Waals surface area contributed by atoms with Gasteiger partial charge in [0.2, 0.25) is 0 Å². The Labute approximate surface area is 83.7 Å². The molecule has 0 aromatic carbocycles. The van der Waals surface area contributed by atoms with Crippen LogP contribution >= 0.6 is 11.3 Å². The molecular weight excluding hydrogens is 180 g/mol. The lowest BCUT2D eigenvalue weighted by Gasteiger charge is -2.00. The number of ether oxygens (including phenoxy) is 1. The van der Waals surface area contributed by atoms with E-state index in [1.807, 2.05) is 0 Å². The van der Waals surface area contributed by atoms with Crippen LogP contribution in [0.5, 0.6) is 0 Å². The van der Waals surface area contributed by atoms with Crippen LogP contribution < -0.4 is 0 Å². The second-order valence-electron chi connectivity index (χ2n) is 2.80. The van der Waals surface area contributed by atoms with Gasteiger partial charge in [-0.25, -0.2) is 0 Å². The van der Waals surface area contributed by atoms with Crippen molar-refractivity contribution in [3.8, 4) is 12.3 Å². The number of hydrogen-bond acceptors (Lipinski definition) is 2. The molecule has 0 N–H and O–H groups in total. The number of thiophene rings is 1. The van der Waals surface area contributed by atoms with Crippen molar-refractivity contribution in [2.45, 2.75) is 19.3 Å². The van der Waals surface area contributed by atoms with Gasteiger partial charge in [0.15, 0.2) is 0 Å². The van der Waals surface area contributed by atoms with Crippen LogP contribution in [0.15, 0.2) is 16.8 Å². The fourth-order valence-electron chi connectivity index (χ4n) is 1.00. The van der Waals surface area contributed by atoms with Gasteiger partial charge in [-0.15, -0.1) is 12.3 Å². The summed E-state index contributed by atoms with van der Waals surface area (Å²) in [5.74, 6) is 2.59. The minimum Gasteiger partial charge on any atom is -0.381 e. The summed E-state index contributed by atoms with van der Waals surface area (Å²) in [5.41, 5.74) is 1.36. The molecule has 0 bridgehead atoms. The molecule has 0 radical (unpaired) electrons. The first-order valence-corrected chi connectivity index (χ1v) is 5.40. The highest BCUT2D eigenvalue weighted by atomic mass is 32.1. The molecule has 1 nitrogen and oxygen atoms in total.